The van der Waals surface area contributed by atoms with E-state index in [-0.39, 0.29) is 5.91 Å². The van der Waals surface area contributed by atoms with Crippen LogP contribution >= 0.6 is 0 Å². The van der Waals surface area contributed by atoms with Crippen molar-refractivity contribution in [1.82, 2.24) is 19.7 Å². The standard InChI is InChI=1S/C15H19N5O/c1-12(21)19-7-9-20(10-8-19)14-5-3-13(4-6-14)15-16-11-18(2)17-15/h3-6,11H,7-10H2,1-2H3. The van der Waals surface area contributed by atoms with Gasteiger partial charge >= 0.3 is 0 Å². The van der Waals surface area contributed by atoms with Crippen LogP contribution in [0.4, 0.5) is 5.69 Å². The normalized spacial score (nSPS) is 15.3. The third-order valence-electron chi connectivity index (χ3n) is 3.82. The van der Waals surface area contributed by atoms with Crippen LogP contribution in [0, 0.1) is 0 Å². The predicted molar refractivity (Wildman–Crippen MR) is 80.9 cm³/mol. The fraction of sp³-hybridized carbons (Fsp3) is 0.400. The van der Waals surface area contributed by atoms with Gasteiger partial charge in [-0.15, -0.1) is 0 Å². The maximum atomic E-state index is 11.3. The molecule has 1 saturated heterocycles. The molecule has 1 aromatic heterocycles. The summed E-state index contributed by atoms with van der Waals surface area (Å²) in [5.41, 5.74) is 2.19. The lowest BCUT2D eigenvalue weighted by atomic mass is 10.1. The summed E-state index contributed by atoms with van der Waals surface area (Å²) in [4.78, 5) is 19.8. The highest BCUT2D eigenvalue weighted by atomic mass is 16.2. The first-order valence-corrected chi connectivity index (χ1v) is 7.10. The number of nitrogens with zero attached hydrogens (tertiary/aromatic N) is 5. The van der Waals surface area contributed by atoms with Crippen molar-refractivity contribution in [1.29, 1.82) is 0 Å². The van der Waals surface area contributed by atoms with Crippen molar-refractivity contribution in [3.8, 4) is 11.4 Å². The minimum atomic E-state index is 0.159. The van der Waals surface area contributed by atoms with Crippen LogP contribution in [0.2, 0.25) is 0 Å². The number of carbonyl (C=O) groups excluding carboxylic acids is 1. The Kier molecular flexibility index (Phi) is 3.60. The highest BCUT2D eigenvalue weighted by Gasteiger charge is 2.18. The van der Waals surface area contributed by atoms with E-state index >= 15 is 0 Å². The number of piperazine rings is 1. The number of aromatic nitrogens is 3. The summed E-state index contributed by atoms with van der Waals surface area (Å²) in [7, 11) is 1.86. The van der Waals surface area contributed by atoms with E-state index in [1.165, 1.54) is 5.69 Å². The number of anilines is 1. The summed E-state index contributed by atoms with van der Waals surface area (Å²) in [6.45, 7) is 4.96. The van der Waals surface area contributed by atoms with Gasteiger partial charge in [-0.2, -0.15) is 5.10 Å². The first-order valence-electron chi connectivity index (χ1n) is 7.10. The van der Waals surface area contributed by atoms with Crippen LogP contribution < -0.4 is 4.90 Å². The van der Waals surface area contributed by atoms with Gasteiger partial charge in [-0.25, -0.2) is 4.98 Å². The van der Waals surface area contributed by atoms with Gasteiger partial charge in [0.1, 0.15) is 6.33 Å². The quantitative estimate of drug-likeness (QED) is 0.830. The van der Waals surface area contributed by atoms with Crippen molar-refractivity contribution < 1.29 is 4.79 Å². The van der Waals surface area contributed by atoms with E-state index in [0.29, 0.717) is 0 Å². The summed E-state index contributed by atoms with van der Waals surface area (Å²) in [5, 5.41) is 4.30. The average molecular weight is 285 g/mol. The molecule has 0 N–H and O–H groups in total. The lowest BCUT2D eigenvalue weighted by Gasteiger charge is -2.35. The molecule has 1 fully saturated rings. The summed E-state index contributed by atoms with van der Waals surface area (Å²) >= 11 is 0. The summed E-state index contributed by atoms with van der Waals surface area (Å²) in [5.74, 6) is 0.900. The third-order valence-corrected chi connectivity index (χ3v) is 3.82. The molecule has 6 heteroatoms. The molecule has 0 aliphatic carbocycles. The van der Waals surface area contributed by atoms with Gasteiger partial charge in [0, 0.05) is 51.4 Å². The fourth-order valence-corrected chi connectivity index (χ4v) is 2.57. The molecule has 0 atom stereocenters. The van der Waals surface area contributed by atoms with E-state index < -0.39 is 0 Å². The molecule has 3 rings (SSSR count). The van der Waals surface area contributed by atoms with Gasteiger partial charge in [-0.05, 0) is 24.3 Å². The lowest BCUT2D eigenvalue weighted by molar-refractivity contribution is -0.129. The number of amides is 1. The van der Waals surface area contributed by atoms with Gasteiger partial charge in [-0.1, -0.05) is 0 Å². The molecule has 110 valence electrons. The second-order valence-electron chi connectivity index (χ2n) is 5.28. The maximum absolute atomic E-state index is 11.3. The average Bonchev–Trinajstić information content (AvgIpc) is 2.94. The topological polar surface area (TPSA) is 54.3 Å². The molecule has 0 unspecified atom stereocenters. The number of rotatable bonds is 2. The maximum Gasteiger partial charge on any atom is 0.219 e. The van der Waals surface area contributed by atoms with Gasteiger partial charge in [-0.3, -0.25) is 9.48 Å². The molecule has 1 aliphatic rings. The molecule has 2 aromatic rings. The Bertz CT molecular complexity index is 626. The van der Waals surface area contributed by atoms with Gasteiger partial charge in [0.25, 0.3) is 0 Å². The van der Waals surface area contributed by atoms with Crippen molar-refractivity contribution in [3.05, 3.63) is 30.6 Å². The van der Waals surface area contributed by atoms with Crippen LogP contribution in [0.3, 0.4) is 0 Å². The van der Waals surface area contributed by atoms with Crippen LogP contribution in [-0.4, -0.2) is 51.8 Å². The van der Waals surface area contributed by atoms with Gasteiger partial charge in [0.2, 0.25) is 5.91 Å². The zero-order valence-corrected chi connectivity index (χ0v) is 12.4. The zero-order chi connectivity index (χ0) is 14.8. The molecule has 0 spiro atoms. The van der Waals surface area contributed by atoms with Crippen molar-refractivity contribution in [2.24, 2.45) is 7.05 Å². The Balaban J connectivity index is 1.69. The van der Waals surface area contributed by atoms with E-state index in [1.807, 2.05) is 24.1 Å². The smallest absolute Gasteiger partial charge is 0.219 e. The SMILES string of the molecule is CC(=O)N1CCN(c2ccc(-c3ncn(C)n3)cc2)CC1. The van der Waals surface area contributed by atoms with E-state index in [0.717, 1.165) is 37.6 Å². The molecule has 6 nitrogen and oxygen atoms in total. The first kappa shape index (κ1) is 13.6. The third kappa shape index (κ3) is 2.89. The molecule has 0 bridgehead atoms. The predicted octanol–water partition coefficient (Wildman–Crippen LogP) is 1.15. The van der Waals surface area contributed by atoms with Crippen LogP contribution in [0.1, 0.15) is 6.92 Å². The second-order valence-corrected chi connectivity index (χ2v) is 5.28. The Morgan fingerprint density at radius 2 is 1.76 bits per heavy atom. The number of hydrogen-bond acceptors (Lipinski definition) is 4. The summed E-state index contributed by atoms with van der Waals surface area (Å²) in [6.07, 6.45) is 1.70. The molecule has 21 heavy (non-hydrogen) atoms. The van der Waals surface area contributed by atoms with E-state index in [1.54, 1.807) is 17.9 Å². The Morgan fingerprint density at radius 1 is 1.10 bits per heavy atom. The molecular formula is C15H19N5O. The summed E-state index contributed by atoms with van der Waals surface area (Å²) < 4.78 is 1.70. The number of benzene rings is 1. The zero-order valence-electron chi connectivity index (χ0n) is 12.4. The van der Waals surface area contributed by atoms with Crippen molar-refractivity contribution in [2.45, 2.75) is 6.92 Å². The van der Waals surface area contributed by atoms with Crippen LogP contribution in [-0.2, 0) is 11.8 Å². The van der Waals surface area contributed by atoms with Gasteiger partial charge < -0.3 is 9.80 Å². The summed E-state index contributed by atoms with van der Waals surface area (Å²) in [6, 6.07) is 8.27. The van der Waals surface area contributed by atoms with Crippen LogP contribution in [0.5, 0.6) is 0 Å². The minimum Gasteiger partial charge on any atom is -0.368 e. The van der Waals surface area contributed by atoms with Gasteiger partial charge in [0.15, 0.2) is 5.82 Å². The van der Waals surface area contributed by atoms with Crippen molar-refractivity contribution in [2.75, 3.05) is 31.1 Å². The van der Waals surface area contributed by atoms with Crippen LogP contribution in [0.15, 0.2) is 30.6 Å². The fourth-order valence-electron chi connectivity index (χ4n) is 2.57. The Labute approximate surface area is 124 Å². The van der Waals surface area contributed by atoms with E-state index in [9.17, 15) is 4.79 Å². The monoisotopic (exact) mass is 285 g/mol. The molecule has 0 radical (unpaired) electrons. The molecule has 1 aliphatic heterocycles. The molecule has 0 saturated carbocycles. The van der Waals surface area contributed by atoms with Crippen molar-refractivity contribution in [3.63, 3.8) is 0 Å². The molecule has 1 aromatic carbocycles. The number of carbonyl (C=O) groups is 1. The highest BCUT2D eigenvalue weighted by Crippen LogP contribution is 2.21. The highest BCUT2D eigenvalue weighted by molar-refractivity contribution is 5.73. The minimum absolute atomic E-state index is 0.159. The second kappa shape index (κ2) is 5.55. The number of aryl methyl sites for hydroxylation is 1. The van der Waals surface area contributed by atoms with E-state index in [2.05, 4.69) is 27.1 Å². The van der Waals surface area contributed by atoms with Crippen LogP contribution in [0.25, 0.3) is 11.4 Å². The first-order chi connectivity index (χ1) is 10.1. The largest absolute Gasteiger partial charge is 0.368 e. The Morgan fingerprint density at radius 3 is 2.29 bits per heavy atom. The Hall–Kier alpha value is -2.37. The molecule has 2 heterocycles. The van der Waals surface area contributed by atoms with E-state index in [4.69, 9.17) is 0 Å². The number of hydrogen-bond donors (Lipinski definition) is 0. The lowest BCUT2D eigenvalue weighted by Crippen LogP contribution is -2.48. The molecule has 1 amide bonds. The van der Waals surface area contributed by atoms with Gasteiger partial charge in [0.05, 0.1) is 0 Å². The van der Waals surface area contributed by atoms with Crippen molar-refractivity contribution >= 4 is 11.6 Å². The molecular weight excluding hydrogens is 266 g/mol.